The molecule has 0 aliphatic carbocycles. The summed E-state index contributed by atoms with van der Waals surface area (Å²) in [5.74, 6) is 0. The van der Waals surface area contributed by atoms with Crippen molar-refractivity contribution < 1.29 is 25.2 Å². The third-order valence-corrected chi connectivity index (χ3v) is 1.81. The van der Waals surface area contributed by atoms with Crippen molar-refractivity contribution in [3.05, 3.63) is 0 Å². The minimum absolute atomic E-state index is 0.140. The molecule has 0 aliphatic rings. The first-order valence-electron chi connectivity index (χ1n) is 4.48. The van der Waals surface area contributed by atoms with Gasteiger partial charge >= 0.3 is 0 Å². The Hall–Kier alpha value is -0.240. The van der Waals surface area contributed by atoms with Gasteiger partial charge in [-0.2, -0.15) is 0 Å². The van der Waals surface area contributed by atoms with Gasteiger partial charge in [0, 0.05) is 20.2 Å². The second kappa shape index (κ2) is 8.10. The summed E-state index contributed by atoms with van der Waals surface area (Å²) in [6.07, 6.45) is -3.75. The van der Waals surface area contributed by atoms with Crippen LogP contribution in [0.3, 0.4) is 0 Å². The van der Waals surface area contributed by atoms with Crippen molar-refractivity contribution in [3.63, 3.8) is 0 Å². The van der Waals surface area contributed by atoms with Crippen LogP contribution in [0.25, 0.3) is 0 Å². The summed E-state index contributed by atoms with van der Waals surface area (Å²) in [7, 11) is 1.56. The lowest BCUT2D eigenvalue weighted by atomic mass is 10.1. The number of ether oxygens (including phenoxy) is 1. The molecule has 0 aromatic rings. The van der Waals surface area contributed by atoms with E-state index in [1.807, 2.05) is 0 Å². The largest absolute Gasteiger partial charge is 0.394 e. The minimum atomic E-state index is -1.34. The zero-order valence-electron chi connectivity index (χ0n) is 8.26. The van der Waals surface area contributed by atoms with Crippen molar-refractivity contribution in [2.45, 2.75) is 18.3 Å². The Bertz CT molecular complexity index is 135. The lowest BCUT2D eigenvalue weighted by Gasteiger charge is -2.21. The predicted octanol–water partition coefficient (Wildman–Crippen LogP) is -2.70. The molecule has 3 atom stereocenters. The second-order valence-electron chi connectivity index (χ2n) is 3.00. The van der Waals surface area contributed by atoms with E-state index in [2.05, 4.69) is 5.32 Å². The Morgan fingerprint density at radius 1 is 1.21 bits per heavy atom. The van der Waals surface area contributed by atoms with Gasteiger partial charge < -0.3 is 30.5 Å². The van der Waals surface area contributed by atoms with Crippen molar-refractivity contribution >= 4 is 0 Å². The average molecular weight is 209 g/mol. The normalized spacial score (nSPS) is 17.8. The van der Waals surface area contributed by atoms with E-state index in [-0.39, 0.29) is 6.54 Å². The van der Waals surface area contributed by atoms with Crippen molar-refractivity contribution in [2.75, 3.05) is 33.4 Å². The van der Waals surface area contributed by atoms with Gasteiger partial charge in [0.15, 0.2) is 0 Å². The maximum Gasteiger partial charge on any atom is 0.109 e. The summed E-state index contributed by atoms with van der Waals surface area (Å²) in [6.45, 7) is 0.624. The molecule has 0 amide bonds. The molecule has 0 saturated carbocycles. The van der Waals surface area contributed by atoms with Crippen LogP contribution in [0, 0.1) is 0 Å². The fourth-order valence-corrected chi connectivity index (χ4v) is 0.909. The van der Waals surface area contributed by atoms with Gasteiger partial charge in [-0.1, -0.05) is 0 Å². The quantitative estimate of drug-likeness (QED) is 0.279. The Kier molecular flexibility index (Phi) is 7.96. The number of hydrogen-bond acceptors (Lipinski definition) is 6. The van der Waals surface area contributed by atoms with Gasteiger partial charge in [-0.25, -0.2) is 0 Å². The lowest BCUT2D eigenvalue weighted by molar-refractivity contribution is -0.0750. The smallest absolute Gasteiger partial charge is 0.109 e. The van der Waals surface area contributed by atoms with Crippen LogP contribution in [-0.4, -0.2) is 72.2 Å². The van der Waals surface area contributed by atoms with Gasteiger partial charge in [0.2, 0.25) is 0 Å². The molecule has 14 heavy (non-hydrogen) atoms. The Balaban J connectivity index is 3.56. The van der Waals surface area contributed by atoms with E-state index in [4.69, 9.17) is 14.9 Å². The van der Waals surface area contributed by atoms with Crippen LogP contribution < -0.4 is 5.32 Å². The molecular formula is C8H19NO5. The zero-order valence-corrected chi connectivity index (χ0v) is 8.26. The highest BCUT2D eigenvalue weighted by molar-refractivity contribution is 4.76. The van der Waals surface area contributed by atoms with Crippen molar-refractivity contribution in [3.8, 4) is 0 Å². The molecule has 6 nitrogen and oxygen atoms in total. The minimum Gasteiger partial charge on any atom is -0.394 e. The second-order valence-corrected chi connectivity index (χ2v) is 3.00. The van der Waals surface area contributed by atoms with E-state index in [1.165, 1.54) is 0 Å². The average Bonchev–Trinajstić information content (AvgIpc) is 2.21. The van der Waals surface area contributed by atoms with Crippen LogP contribution in [0.4, 0.5) is 0 Å². The summed E-state index contributed by atoms with van der Waals surface area (Å²) < 4.78 is 4.76. The molecule has 0 aliphatic heterocycles. The van der Waals surface area contributed by atoms with Gasteiger partial charge in [0.1, 0.15) is 12.2 Å². The molecule has 0 radical (unpaired) electrons. The SMILES string of the molecule is COCCNC[C@H](O)[C@H](O)[C@H](O)CO. The highest BCUT2D eigenvalue weighted by Crippen LogP contribution is 1.98. The molecule has 0 rings (SSSR count). The summed E-state index contributed by atoms with van der Waals surface area (Å²) in [6, 6.07) is 0. The standard InChI is InChI=1S/C8H19NO5/c1-14-3-2-9-4-6(11)8(13)7(12)5-10/h6-13H,2-5H2,1H3/t6-,7+,8-/m0/s1. The molecule has 5 N–H and O–H groups in total. The van der Waals surface area contributed by atoms with Crippen molar-refractivity contribution in [1.82, 2.24) is 5.32 Å². The maximum atomic E-state index is 9.29. The fraction of sp³-hybridized carbons (Fsp3) is 1.00. The predicted molar refractivity (Wildman–Crippen MR) is 49.9 cm³/mol. The number of methoxy groups -OCH3 is 1. The van der Waals surface area contributed by atoms with Gasteiger partial charge in [-0.3, -0.25) is 0 Å². The lowest BCUT2D eigenvalue weighted by Crippen LogP contribution is -2.45. The van der Waals surface area contributed by atoms with E-state index >= 15 is 0 Å². The van der Waals surface area contributed by atoms with Gasteiger partial charge in [-0.15, -0.1) is 0 Å². The van der Waals surface area contributed by atoms with Crippen LogP contribution in [0.5, 0.6) is 0 Å². The third kappa shape index (κ3) is 5.48. The number of hydrogen-bond donors (Lipinski definition) is 5. The van der Waals surface area contributed by atoms with E-state index < -0.39 is 24.9 Å². The highest BCUT2D eigenvalue weighted by Gasteiger charge is 2.23. The van der Waals surface area contributed by atoms with E-state index in [0.29, 0.717) is 13.2 Å². The summed E-state index contributed by atoms with van der Waals surface area (Å²) in [5, 5.41) is 38.8. The van der Waals surface area contributed by atoms with Crippen LogP contribution in [-0.2, 0) is 4.74 Å². The monoisotopic (exact) mass is 209 g/mol. The molecule has 0 spiro atoms. The summed E-state index contributed by atoms with van der Waals surface area (Å²) in [4.78, 5) is 0. The molecule has 0 aromatic carbocycles. The van der Waals surface area contributed by atoms with Gasteiger partial charge in [0.25, 0.3) is 0 Å². The third-order valence-electron chi connectivity index (χ3n) is 1.81. The van der Waals surface area contributed by atoms with E-state index in [0.717, 1.165) is 0 Å². The molecule has 0 fully saturated rings. The topological polar surface area (TPSA) is 102 Å². The summed E-state index contributed by atoms with van der Waals surface area (Å²) >= 11 is 0. The highest BCUT2D eigenvalue weighted by atomic mass is 16.5. The van der Waals surface area contributed by atoms with Gasteiger partial charge in [-0.05, 0) is 0 Å². The number of rotatable bonds is 8. The van der Waals surface area contributed by atoms with Crippen molar-refractivity contribution in [1.29, 1.82) is 0 Å². The fourth-order valence-electron chi connectivity index (χ4n) is 0.909. The Morgan fingerprint density at radius 2 is 1.86 bits per heavy atom. The summed E-state index contributed by atoms with van der Waals surface area (Å²) in [5.41, 5.74) is 0. The van der Waals surface area contributed by atoms with Gasteiger partial charge in [0.05, 0.1) is 19.3 Å². The van der Waals surface area contributed by atoms with E-state index in [1.54, 1.807) is 7.11 Å². The molecule has 0 heterocycles. The first-order chi connectivity index (χ1) is 6.63. The molecule has 0 saturated heterocycles. The number of aliphatic hydroxyl groups is 4. The van der Waals surface area contributed by atoms with E-state index in [9.17, 15) is 10.2 Å². The molecule has 0 aromatic heterocycles. The molecular weight excluding hydrogens is 190 g/mol. The first kappa shape index (κ1) is 13.8. The number of aliphatic hydroxyl groups excluding tert-OH is 4. The molecule has 86 valence electrons. The van der Waals surface area contributed by atoms with Crippen LogP contribution in [0.15, 0.2) is 0 Å². The van der Waals surface area contributed by atoms with Crippen LogP contribution >= 0.6 is 0 Å². The number of nitrogens with one attached hydrogen (secondary N) is 1. The molecule has 0 unspecified atom stereocenters. The maximum absolute atomic E-state index is 9.29. The Morgan fingerprint density at radius 3 is 2.36 bits per heavy atom. The molecule has 6 heteroatoms. The van der Waals surface area contributed by atoms with Crippen molar-refractivity contribution in [2.24, 2.45) is 0 Å². The first-order valence-corrected chi connectivity index (χ1v) is 4.48. The zero-order chi connectivity index (χ0) is 11.0. The van der Waals surface area contributed by atoms with Crippen LogP contribution in [0.2, 0.25) is 0 Å². The Labute approximate surface area is 83.1 Å². The molecule has 0 bridgehead atoms. The van der Waals surface area contributed by atoms with Crippen LogP contribution in [0.1, 0.15) is 0 Å².